The van der Waals surface area contributed by atoms with Gasteiger partial charge in [-0.2, -0.15) is 4.98 Å². The molecule has 6 nitrogen and oxygen atoms in total. The third-order valence-electron chi connectivity index (χ3n) is 2.46. The molecule has 1 aromatic heterocycles. The maximum Gasteiger partial charge on any atom is 0.224 e. The fourth-order valence-electron chi connectivity index (χ4n) is 1.60. The van der Waals surface area contributed by atoms with Gasteiger partial charge < -0.3 is 19.9 Å². The highest BCUT2D eigenvalue weighted by Crippen LogP contribution is 2.37. The number of nitrogens with two attached hydrogens (primary N) is 1. The predicted molar refractivity (Wildman–Crippen MR) is 85.6 cm³/mol. The number of halogens is 2. The molecule has 8 heteroatoms. The second kappa shape index (κ2) is 7.06. The summed E-state index contributed by atoms with van der Waals surface area (Å²) in [6.45, 7) is 0.259. The first kappa shape index (κ1) is 16.0. The Hall–Kier alpha value is -1.38. The quantitative estimate of drug-likeness (QED) is 0.799. The van der Waals surface area contributed by atoms with Gasteiger partial charge in [-0.3, -0.25) is 0 Å². The normalized spacial score (nSPS) is 10.5. The number of benzene rings is 1. The summed E-state index contributed by atoms with van der Waals surface area (Å²) in [5.74, 6) is 2.37. The van der Waals surface area contributed by atoms with Crippen LogP contribution in [-0.4, -0.2) is 24.2 Å². The van der Waals surface area contributed by atoms with E-state index in [1.165, 1.54) is 0 Å². The molecule has 2 aromatic rings. The minimum Gasteiger partial charge on any atom is -0.496 e. The lowest BCUT2D eigenvalue weighted by Gasteiger charge is -2.11. The standard InChI is InChI=1S/C13H13Br2N3O3/c1-19-6-12-17-11(16)5-13(18-12)21-10-4-7(14)9(20-2)3-8(10)15/h3-5H,6H2,1-2H3,(H2,16,17,18). The Balaban J connectivity index is 2.31. The van der Waals surface area contributed by atoms with Crippen LogP contribution < -0.4 is 15.2 Å². The molecular formula is C13H13Br2N3O3. The van der Waals surface area contributed by atoms with Crippen LogP contribution in [0.1, 0.15) is 5.82 Å². The second-order valence-corrected chi connectivity index (χ2v) is 5.71. The van der Waals surface area contributed by atoms with Crippen molar-refractivity contribution in [1.82, 2.24) is 9.97 Å². The first-order chi connectivity index (χ1) is 10.0. The molecule has 0 saturated carbocycles. The van der Waals surface area contributed by atoms with E-state index in [1.54, 1.807) is 32.4 Å². The Labute approximate surface area is 138 Å². The van der Waals surface area contributed by atoms with Gasteiger partial charge in [0.25, 0.3) is 0 Å². The smallest absolute Gasteiger partial charge is 0.224 e. The van der Waals surface area contributed by atoms with Gasteiger partial charge in [-0.15, -0.1) is 0 Å². The van der Waals surface area contributed by atoms with E-state index in [4.69, 9.17) is 19.9 Å². The van der Waals surface area contributed by atoms with Crippen molar-refractivity contribution in [3.8, 4) is 17.4 Å². The Kier molecular flexibility index (Phi) is 5.38. The summed E-state index contributed by atoms with van der Waals surface area (Å²) < 4.78 is 17.4. The predicted octanol–water partition coefficient (Wildman–Crippen LogP) is 3.53. The van der Waals surface area contributed by atoms with Gasteiger partial charge in [-0.25, -0.2) is 4.98 Å². The zero-order valence-electron chi connectivity index (χ0n) is 11.4. The van der Waals surface area contributed by atoms with E-state index in [2.05, 4.69) is 41.8 Å². The summed E-state index contributed by atoms with van der Waals surface area (Å²) in [7, 11) is 3.15. The van der Waals surface area contributed by atoms with Gasteiger partial charge in [0, 0.05) is 13.2 Å². The highest BCUT2D eigenvalue weighted by Gasteiger charge is 2.11. The van der Waals surface area contributed by atoms with E-state index in [1.807, 2.05) is 0 Å². The largest absolute Gasteiger partial charge is 0.496 e. The third-order valence-corrected chi connectivity index (χ3v) is 3.70. The summed E-state index contributed by atoms with van der Waals surface area (Å²) in [4.78, 5) is 8.28. The van der Waals surface area contributed by atoms with Crippen LogP contribution in [0, 0.1) is 0 Å². The molecule has 2 rings (SSSR count). The van der Waals surface area contributed by atoms with Crippen LogP contribution in [0.25, 0.3) is 0 Å². The molecule has 1 aromatic carbocycles. The fourth-order valence-corrected chi connectivity index (χ4v) is 2.48. The van der Waals surface area contributed by atoms with Crippen molar-refractivity contribution < 1.29 is 14.2 Å². The molecule has 0 amide bonds. The molecule has 0 radical (unpaired) electrons. The number of nitrogens with zero attached hydrogens (tertiary/aromatic N) is 2. The van der Waals surface area contributed by atoms with Gasteiger partial charge in [0.1, 0.15) is 23.9 Å². The van der Waals surface area contributed by atoms with Crippen molar-refractivity contribution in [2.75, 3.05) is 20.0 Å². The molecule has 0 fully saturated rings. The Bertz CT molecular complexity index is 653. The summed E-state index contributed by atoms with van der Waals surface area (Å²) in [6, 6.07) is 5.11. The lowest BCUT2D eigenvalue weighted by atomic mass is 10.3. The molecule has 0 aliphatic heterocycles. The van der Waals surface area contributed by atoms with Crippen LogP contribution in [0.4, 0.5) is 5.82 Å². The van der Waals surface area contributed by atoms with Crippen LogP contribution in [0.2, 0.25) is 0 Å². The number of anilines is 1. The van der Waals surface area contributed by atoms with Crippen molar-refractivity contribution in [3.63, 3.8) is 0 Å². The fraction of sp³-hybridized carbons (Fsp3) is 0.231. The minimum atomic E-state index is 0.259. The second-order valence-electron chi connectivity index (χ2n) is 4.00. The summed E-state index contributed by atoms with van der Waals surface area (Å²) >= 11 is 6.83. The average Bonchev–Trinajstić information content (AvgIpc) is 2.42. The molecule has 0 atom stereocenters. The zero-order valence-corrected chi connectivity index (χ0v) is 14.6. The van der Waals surface area contributed by atoms with Crippen molar-refractivity contribution in [3.05, 3.63) is 33.0 Å². The summed E-state index contributed by atoms with van der Waals surface area (Å²) in [5.41, 5.74) is 5.73. The molecular weight excluding hydrogens is 406 g/mol. The van der Waals surface area contributed by atoms with E-state index in [-0.39, 0.29) is 6.61 Å². The molecule has 0 aliphatic carbocycles. The van der Waals surface area contributed by atoms with Gasteiger partial charge in [0.05, 0.1) is 16.1 Å². The molecule has 21 heavy (non-hydrogen) atoms. The van der Waals surface area contributed by atoms with Crippen molar-refractivity contribution >= 4 is 37.7 Å². The lowest BCUT2D eigenvalue weighted by Crippen LogP contribution is -2.02. The monoisotopic (exact) mass is 417 g/mol. The van der Waals surface area contributed by atoms with Gasteiger partial charge in [0.15, 0.2) is 5.82 Å². The number of hydrogen-bond donors (Lipinski definition) is 1. The molecule has 0 spiro atoms. The molecule has 0 aliphatic rings. The van der Waals surface area contributed by atoms with Crippen molar-refractivity contribution in [1.29, 1.82) is 0 Å². The number of rotatable bonds is 5. The SMILES string of the molecule is COCc1nc(N)cc(Oc2cc(Br)c(OC)cc2Br)n1. The van der Waals surface area contributed by atoms with Crippen LogP contribution in [-0.2, 0) is 11.3 Å². The molecule has 112 valence electrons. The third kappa shape index (κ3) is 4.05. The van der Waals surface area contributed by atoms with Gasteiger partial charge in [-0.1, -0.05) is 0 Å². The van der Waals surface area contributed by atoms with Crippen LogP contribution in [0.3, 0.4) is 0 Å². The first-order valence-corrected chi connectivity index (χ1v) is 7.45. The number of nitrogen functional groups attached to an aromatic ring is 1. The van der Waals surface area contributed by atoms with E-state index in [9.17, 15) is 0 Å². The Morgan fingerprint density at radius 1 is 1.05 bits per heavy atom. The summed E-state index contributed by atoms with van der Waals surface area (Å²) in [6.07, 6.45) is 0. The number of hydrogen-bond acceptors (Lipinski definition) is 6. The van der Waals surface area contributed by atoms with Crippen molar-refractivity contribution in [2.24, 2.45) is 0 Å². The molecule has 0 saturated heterocycles. The van der Waals surface area contributed by atoms with Crippen LogP contribution in [0.5, 0.6) is 17.4 Å². The molecule has 0 unspecified atom stereocenters. The number of aromatic nitrogens is 2. The van der Waals surface area contributed by atoms with Crippen molar-refractivity contribution in [2.45, 2.75) is 6.61 Å². The molecule has 1 heterocycles. The maximum absolute atomic E-state index is 5.74. The highest BCUT2D eigenvalue weighted by atomic mass is 79.9. The Morgan fingerprint density at radius 2 is 1.71 bits per heavy atom. The Morgan fingerprint density at radius 3 is 2.38 bits per heavy atom. The molecule has 0 bridgehead atoms. The van der Waals surface area contributed by atoms with E-state index < -0.39 is 0 Å². The summed E-state index contributed by atoms with van der Waals surface area (Å²) in [5, 5.41) is 0. The average molecular weight is 419 g/mol. The minimum absolute atomic E-state index is 0.259. The maximum atomic E-state index is 5.74. The first-order valence-electron chi connectivity index (χ1n) is 5.86. The molecule has 2 N–H and O–H groups in total. The van der Waals surface area contributed by atoms with Gasteiger partial charge >= 0.3 is 0 Å². The number of ether oxygens (including phenoxy) is 3. The highest BCUT2D eigenvalue weighted by molar-refractivity contribution is 9.11. The van der Waals surface area contributed by atoms with E-state index >= 15 is 0 Å². The topological polar surface area (TPSA) is 79.5 Å². The van der Waals surface area contributed by atoms with Crippen LogP contribution in [0.15, 0.2) is 27.1 Å². The van der Waals surface area contributed by atoms with E-state index in [0.717, 1.165) is 8.95 Å². The van der Waals surface area contributed by atoms with Gasteiger partial charge in [-0.05, 0) is 44.0 Å². The lowest BCUT2D eigenvalue weighted by molar-refractivity contribution is 0.177. The van der Waals surface area contributed by atoms with E-state index in [0.29, 0.717) is 29.0 Å². The van der Waals surface area contributed by atoms with Gasteiger partial charge in [0.2, 0.25) is 5.88 Å². The zero-order chi connectivity index (χ0) is 15.4. The van der Waals surface area contributed by atoms with Crippen LogP contribution >= 0.6 is 31.9 Å². The number of methoxy groups -OCH3 is 2.